The van der Waals surface area contributed by atoms with Crippen molar-refractivity contribution >= 4 is 5.97 Å². The van der Waals surface area contributed by atoms with Gasteiger partial charge in [0.05, 0.1) is 26.2 Å². The van der Waals surface area contributed by atoms with Gasteiger partial charge in [0.25, 0.3) is 0 Å². The third-order valence-corrected chi connectivity index (χ3v) is 6.10. The molecule has 0 aromatic heterocycles. The van der Waals surface area contributed by atoms with E-state index < -0.39 is 5.60 Å². The number of carbonyl (C=O) groups is 1. The van der Waals surface area contributed by atoms with E-state index in [1.165, 1.54) is 10.5 Å². The van der Waals surface area contributed by atoms with Crippen LogP contribution in [-0.2, 0) is 16.8 Å². The van der Waals surface area contributed by atoms with Gasteiger partial charge in [0.15, 0.2) is 0 Å². The number of benzene rings is 3. The maximum absolute atomic E-state index is 13.4. The summed E-state index contributed by atoms with van der Waals surface area (Å²) in [4.78, 5) is 14.8. The average Bonchev–Trinajstić information content (AvgIpc) is 2.76. The van der Waals surface area contributed by atoms with Crippen LogP contribution in [0, 0.1) is 19.8 Å². The fourth-order valence-corrected chi connectivity index (χ4v) is 4.25. The molecule has 3 aromatic rings. The van der Waals surface area contributed by atoms with E-state index in [1.807, 2.05) is 61.5 Å². The van der Waals surface area contributed by atoms with Crippen molar-refractivity contribution in [3.05, 3.63) is 107 Å². The molecule has 3 nitrogen and oxygen atoms in total. The van der Waals surface area contributed by atoms with Gasteiger partial charge in [0.2, 0.25) is 0 Å². The number of rotatable bonds is 8. The van der Waals surface area contributed by atoms with Crippen LogP contribution in [0.15, 0.2) is 78.9 Å². The molecule has 2 atom stereocenters. The molecule has 162 valence electrons. The molecular weight excluding hydrogens is 382 g/mol. The first-order valence-electron chi connectivity index (χ1n) is 11.0. The lowest BCUT2D eigenvalue weighted by molar-refractivity contribution is -0.863. The van der Waals surface area contributed by atoms with Crippen LogP contribution in [0.2, 0.25) is 0 Å². The molecule has 1 N–H and O–H groups in total. The van der Waals surface area contributed by atoms with Crippen LogP contribution in [0.5, 0.6) is 0 Å². The Kier molecular flexibility index (Phi) is 7.29. The molecule has 31 heavy (non-hydrogen) atoms. The van der Waals surface area contributed by atoms with Gasteiger partial charge in [0.1, 0.15) is 5.60 Å². The second-order valence-electron chi connectivity index (χ2n) is 8.92. The van der Waals surface area contributed by atoms with Gasteiger partial charge in [-0.2, -0.15) is 0 Å². The van der Waals surface area contributed by atoms with E-state index >= 15 is 0 Å². The number of esters is 1. The smallest absolute Gasteiger partial charge is 0.339 e. The van der Waals surface area contributed by atoms with Gasteiger partial charge in [-0.05, 0) is 48.2 Å². The largest absolute Gasteiger partial charge is 0.450 e. The normalized spacial score (nSPS) is 14.1. The van der Waals surface area contributed by atoms with Gasteiger partial charge in [-0.15, -0.1) is 0 Å². The molecule has 0 aliphatic carbocycles. The summed E-state index contributed by atoms with van der Waals surface area (Å²) in [5.41, 5.74) is 4.27. The summed E-state index contributed by atoms with van der Waals surface area (Å²) in [7, 11) is 4.28. The van der Waals surface area contributed by atoms with Gasteiger partial charge in [-0.3, -0.25) is 0 Å². The predicted molar refractivity (Wildman–Crippen MR) is 126 cm³/mol. The van der Waals surface area contributed by atoms with E-state index in [-0.39, 0.29) is 11.9 Å². The molecule has 0 radical (unpaired) electrons. The topological polar surface area (TPSA) is 30.7 Å². The number of ether oxygens (including phenoxy) is 1. The van der Waals surface area contributed by atoms with Crippen LogP contribution in [0.25, 0.3) is 0 Å². The van der Waals surface area contributed by atoms with Crippen LogP contribution < -0.4 is 4.90 Å². The van der Waals surface area contributed by atoms with E-state index in [2.05, 4.69) is 52.2 Å². The SMILES string of the molecule is Cc1ccc(C(=O)OC(Cc2ccccc2)(c2ccccc2)[C@@H](C)C[NH+](C)C)cc1C. The Morgan fingerprint density at radius 1 is 0.903 bits per heavy atom. The molecule has 0 heterocycles. The van der Waals surface area contributed by atoms with E-state index in [9.17, 15) is 4.79 Å². The maximum Gasteiger partial charge on any atom is 0.339 e. The minimum absolute atomic E-state index is 0.107. The zero-order valence-corrected chi connectivity index (χ0v) is 19.3. The summed E-state index contributed by atoms with van der Waals surface area (Å²) in [5, 5.41) is 0. The van der Waals surface area contributed by atoms with Crippen LogP contribution >= 0.6 is 0 Å². The molecule has 0 amide bonds. The van der Waals surface area contributed by atoms with Crippen LogP contribution in [0.1, 0.15) is 39.5 Å². The lowest BCUT2D eigenvalue weighted by atomic mass is 9.77. The number of hydrogen-bond donors (Lipinski definition) is 1. The molecular formula is C28H34NO2+. The molecule has 1 unspecified atom stereocenters. The number of carbonyl (C=O) groups excluding carboxylic acids is 1. The quantitative estimate of drug-likeness (QED) is 0.553. The van der Waals surface area contributed by atoms with Crippen molar-refractivity contribution in [1.29, 1.82) is 0 Å². The first-order chi connectivity index (χ1) is 14.8. The first kappa shape index (κ1) is 22.8. The van der Waals surface area contributed by atoms with Gasteiger partial charge < -0.3 is 9.64 Å². The second kappa shape index (κ2) is 9.93. The second-order valence-corrected chi connectivity index (χ2v) is 8.92. The van der Waals surface area contributed by atoms with Gasteiger partial charge >= 0.3 is 5.97 Å². The number of hydrogen-bond acceptors (Lipinski definition) is 2. The molecule has 0 bridgehead atoms. The van der Waals surface area contributed by atoms with E-state index in [4.69, 9.17) is 4.74 Å². The zero-order chi connectivity index (χ0) is 22.4. The number of nitrogens with one attached hydrogen (secondary N) is 1. The van der Waals surface area contributed by atoms with Crippen molar-refractivity contribution in [3.8, 4) is 0 Å². The molecule has 0 fully saturated rings. The minimum atomic E-state index is -0.768. The Morgan fingerprint density at radius 2 is 1.52 bits per heavy atom. The van der Waals surface area contributed by atoms with E-state index in [0.717, 1.165) is 23.2 Å². The Hall–Kier alpha value is -2.91. The Bertz CT molecular complexity index is 998. The molecule has 0 saturated heterocycles. The fraction of sp³-hybridized carbons (Fsp3) is 0.321. The monoisotopic (exact) mass is 416 g/mol. The summed E-state index contributed by atoms with van der Waals surface area (Å²) >= 11 is 0. The standard InChI is InChI=1S/C28H33NO2/c1-21-16-17-25(18-22(21)2)27(30)31-28(23(3)20-29(4)5,26-14-10-7-11-15-26)19-24-12-8-6-9-13-24/h6-18,23H,19-20H2,1-5H3/p+1/t23-,28?/m0/s1. The van der Waals surface area contributed by atoms with E-state index in [0.29, 0.717) is 12.0 Å². The molecule has 3 aromatic carbocycles. The molecule has 0 aliphatic heterocycles. The van der Waals surface area contributed by atoms with Crippen molar-refractivity contribution in [3.63, 3.8) is 0 Å². The third-order valence-electron chi connectivity index (χ3n) is 6.10. The summed E-state index contributed by atoms with van der Waals surface area (Å²) in [6, 6.07) is 26.3. The summed E-state index contributed by atoms with van der Waals surface area (Å²) < 4.78 is 6.52. The Morgan fingerprint density at radius 3 is 2.10 bits per heavy atom. The Balaban J connectivity index is 2.09. The highest BCUT2D eigenvalue weighted by Gasteiger charge is 2.43. The minimum Gasteiger partial charge on any atom is -0.450 e. The maximum atomic E-state index is 13.4. The summed E-state index contributed by atoms with van der Waals surface area (Å²) in [6.07, 6.45) is 0.628. The lowest BCUT2D eigenvalue weighted by Crippen LogP contribution is -3.06. The number of aryl methyl sites for hydroxylation is 2. The highest BCUT2D eigenvalue weighted by molar-refractivity contribution is 5.90. The third kappa shape index (κ3) is 5.42. The Labute approximate surface area is 186 Å². The average molecular weight is 417 g/mol. The summed E-state index contributed by atoms with van der Waals surface area (Å²) in [6.45, 7) is 7.15. The highest BCUT2D eigenvalue weighted by Crippen LogP contribution is 2.38. The van der Waals surface area contributed by atoms with Crippen molar-refractivity contribution in [2.75, 3.05) is 20.6 Å². The molecule has 0 aliphatic rings. The first-order valence-corrected chi connectivity index (χ1v) is 11.0. The number of quaternary nitrogens is 1. The van der Waals surface area contributed by atoms with Crippen molar-refractivity contribution < 1.29 is 14.4 Å². The van der Waals surface area contributed by atoms with Crippen LogP contribution in [-0.4, -0.2) is 26.6 Å². The molecule has 3 heteroatoms. The fourth-order valence-electron chi connectivity index (χ4n) is 4.25. The predicted octanol–water partition coefficient (Wildman–Crippen LogP) is 4.38. The van der Waals surface area contributed by atoms with Crippen LogP contribution in [0.3, 0.4) is 0 Å². The molecule has 3 rings (SSSR count). The molecule has 0 saturated carbocycles. The summed E-state index contributed by atoms with van der Waals surface area (Å²) in [5.74, 6) is -0.168. The van der Waals surface area contributed by atoms with Crippen molar-refractivity contribution in [1.82, 2.24) is 0 Å². The highest BCUT2D eigenvalue weighted by atomic mass is 16.6. The van der Waals surface area contributed by atoms with Crippen molar-refractivity contribution in [2.24, 2.45) is 5.92 Å². The zero-order valence-electron chi connectivity index (χ0n) is 19.3. The van der Waals surface area contributed by atoms with Crippen molar-refractivity contribution in [2.45, 2.75) is 32.8 Å². The van der Waals surface area contributed by atoms with Gasteiger partial charge in [0, 0.05) is 12.3 Å². The lowest BCUT2D eigenvalue weighted by Gasteiger charge is -2.39. The van der Waals surface area contributed by atoms with Crippen LogP contribution in [0.4, 0.5) is 0 Å². The molecule has 0 spiro atoms. The van der Waals surface area contributed by atoms with Gasteiger partial charge in [-0.25, -0.2) is 4.79 Å². The van der Waals surface area contributed by atoms with Gasteiger partial charge in [-0.1, -0.05) is 73.7 Å². The van der Waals surface area contributed by atoms with E-state index in [1.54, 1.807) is 0 Å².